The van der Waals surface area contributed by atoms with Crippen LogP contribution >= 0.6 is 0 Å². The highest BCUT2D eigenvalue weighted by atomic mass is 16.3. The first-order valence-electron chi connectivity index (χ1n) is 15.2. The molecule has 5 aliphatic carbocycles. The summed E-state index contributed by atoms with van der Waals surface area (Å²) in [5, 5.41) is 25.7. The highest BCUT2D eigenvalue weighted by Gasteiger charge is 2.86. The van der Waals surface area contributed by atoms with Gasteiger partial charge in [0, 0.05) is 40.8 Å². The Hall–Kier alpha value is -1.76. The van der Waals surface area contributed by atoms with E-state index in [4.69, 9.17) is 0 Å². The van der Waals surface area contributed by atoms with E-state index in [0.29, 0.717) is 17.8 Å². The number of hydrogen-bond acceptors (Lipinski definition) is 5. The summed E-state index contributed by atoms with van der Waals surface area (Å²) in [4.78, 5) is 29.8. The minimum atomic E-state index is -0.476. The second-order valence-electron chi connectivity index (χ2n) is 15.0. The van der Waals surface area contributed by atoms with Gasteiger partial charge in [-0.15, -0.1) is 0 Å². The van der Waals surface area contributed by atoms with Crippen LogP contribution in [0.1, 0.15) is 83.0 Å². The van der Waals surface area contributed by atoms with Crippen molar-refractivity contribution >= 4 is 11.7 Å². The fourth-order valence-corrected chi connectivity index (χ4v) is 11.5. The molecule has 0 aliphatic heterocycles. The Balaban J connectivity index is 1.33. The van der Waals surface area contributed by atoms with Crippen molar-refractivity contribution in [2.24, 2.45) is 44.8 Å². The number of amides is 1. The number of nitrogens with one attached hydrogen (secondary N) is 1. The van der Waals surface area contributed by atoms with E-state index in [9.17, 15) is 19.8 Å². The summed E-state index contributed by atoms with van der Waals surface area (Å²) in [6, 6.07) is 9.38. The molecule has 5 aliphatic rings. The topological polar surface area (TPSA) is 89.9 Å². The van der Waals surface area contributed by atoms with Gasteiger partial charge in [-0.05, 0) is 99.8 Å². The Kier molecular flexibility index (Phi) is 6.06. The Morgan fingerprint density at radius 3 is 2.38 bits per heavy atom. The summed E-state index contributed by atoms with van der Waals surface area (Å²) >= 11 is 0. The van der Waals surface area contributed by atoms with Gasteiger partial charge in [-0.1, -0.05) is 39.0 Å². The van der Waals surface area contributed by atoms with Crippen LogP contribution in [-0.2, 0) is 4.79 Å². The van der Waals surface area contributed by atoms with Gasteiger partial charge in [0.25, 0.3) is 5.91 Å². The fraction of sp³-hybridized carbons (Fsp3) is 0.758. The van der Waals surface area contributed by atoms with E-state index in [1.165, 1.54) is 0 Å². The van der Waals surface area contributed by atoms with Gasteiger partial charge in [-0.25, -0.2) is 0 Å². The zero-order chi connectivity index (χ0) is 28.2. The van der Waals surface area contributed by atoms with Gasteiger partial charge >= 0.3 is 0 Å². The van der Waals surface area contributed by atoms with E-state index in [2.05, 4.69) is 52.0 Å². The molecular formula is C33H48N2O4. The third-order valence-electron chi connectivity index (χ3n) is 13.7. The minimum absolute atomic E-state index is 0.00418. The predicted octanol–water partition coefficient (Wildman–Crippen LogP) is 4.30. The molecule has 11 atom stereocenters. The van der Waals surface area contributed by atoms with Gasteiger partial charge < -0.3 is 20.4 Å². The number of aliphatic hydroxyl groups excluding tert-OH is 2. The molecule has 0 aromatic heterocycles. The molecule has 0 bridgehead atoms. The predicted molar refractivity (Wildman–Crippen MR) is 151 cm³/mol. The Morgan fingerprint density at radius 1 is 1.08 bits per heavy atom. The van der Waals surface area contributed by atoms with Crippen molar-refractivity contribution in [1.82, 2.24) is 10.2 Å². The fourth-order valence-electron chi connectivity index (χ4n) is 11.5. The lowest BCUT2D eigenvalue weighted by Gasteiger charge is -2.63. The van der Waals surface area contributed by atoms with Crippen LogP contribution in [-0.4, -0.2) is 65.7 Å². The summed E-state index contributed by atoms with van der Waals surface area (Å²) in [6.45, 7) is 9.04. The molecule has 0 radical (unpaired) electrons. The molecule has 0 heterocycles. The summed E-state index contributed by atoms with van der Waals surface area (Å²) in [5.41, 5.74) is -0.612. The Morgan fingerprint density at radius 2 is 1.74 bits per heavy atom. The molecule has 39 heavy (non-hydrogen) atoms. The van der Waals surface area contributed by atoms with E-state index < -0.39 is 11.5 Å². The van der Waals surface area contributed by atoms with E-state index in [1.807, 2.05) is 30.3 Å². The molecule has 3 N–H and O–H groups in total. The lowest BCUT2D eigenvalue weighted by Crippen LogP contribution is -2.64. The average molecular weight is 537 g/mol. The Bertz CT molecular complexity index is 1170. The number of Topliss-reactive ketones (excluding diaryl/α,β-unsaturated/α-hetero) is 1. The number of aliphatic hydroxyl groups is 2. The molecule has 6 rings (SSSR count). The van der Waals surface area contributed by atoms with Crippen LogP contribution in [0.2, 0.25) is 0 Å². The second kappa shape index (κ2) is 8.62. The quantitative estimate of drug-likeness (QED) is 0.522. The highest BCUT2D eigenvalue weighted by Crippen LogP contribution is 2.87. The van der Waals surface area contributed by atoms with Gasteiger partial charge in [-0.2, -0.15) is 0 Å². The average Bonchev–Trinajstić information content (AvgIpc) is 3.54. The molecule has 0 saturated heterocycles. The van der Waals surface area contributed by atoms with Crippen LogP contribution in [0.3, 0.4) is 0 Å². The van der Waals surface area contributed by atoms with Crippen LogP contribution in [0.15, 0.2) is 30.3 Å². The third kappa shape index (κ3) is 3.26. The second-order valence-corrected chi connectivity index (χ2v) is 15.0. The van der Waals surface area contributed by atoms with E-state index >= 15 is 0 Å². The number of benzene rings is 1. The monoisotopic (exact) mass is 536 g/mol. The summed E-state index contributed by atoms with van der Waals surface area (Å²) in [6.07, 6.45) is 5.43. The number of hydrogen-bond donors (Lipinski definition) is 3. The molecule has 0 unspecified atom stereocenters. The van der Waals surface area contributed by atoms with E-state index in [-0.39, 0.29) is 64.0 Å². The number of nitrogens with zero attached hydrogens (tertiary/aromatic N) is 1. The molecule has 1 aromatic carbocycles. The lowest BCUT2D eigenvalue weighted by molar-refractivity contribution is -0.172. The maximum Gasteiger partial charge on any atom is 0.251 e. The van der Waals surface area contributed by atoms with Gasteiger partial charge in [0.2, 0.25) is 0 Å². The van der Waals surface area contributed by atoms with Crippen molar-refractivity contribution < 1.29 is 19.8 Å². The van der Waals surface area contributed by atoms with Crippen LogP contribution in [0.25, 0.3) is 0 Å². The van der Waals surface area contributed by atoms with Crippen molar-refractivity contribution in [3.63, 3.8) is 0 Å². The number of carbonyl (C=O) groups excluding carboxylic acids is 2. The molecule has 1 amide bonds. The molecule has 1 aromatic rings. The van der Waals surface area contributed by atoms with Gasteiger partial charge in [0.1, 0.15) is 5.78 Å². The van der Waals surface area contributed by atoms with E-state index in [0.717, 1.165) is 38.5 Å². The molecule has 6 heteroatoms. The number of fused-ring (bicyclic) bond motifs is 2. The van der Waals surface area contributed by atoms with Crippen molar-refractivity contribution in [3.8, 4) is 0 Å². The SMILES string of the molecule is C[C@H]([C@H]1[C@H](O)C[C@@]2(C)[C@@H]3CC[C@H]4[C@@](C)(CO)[C@@H](NC(=O)c5ccccc5)CC[C@@]45C[C@@]35C(=O)C[C@]12C)N(C)C. The maximum absolute atomic E-state index is 14.5. The summed E-state index contributed by atoms with van der Waals surface area (Å²) in [7, 11) is 4.16. The zero-order valence-corrected chi connectivity index (χ0v) is 24.7. The van der Waals surface area contributed by atoms with Crippen LogP contribution in [0, 0.1) is 44.8 Å². The summed E-state index contributed by atoms with van der Waals surface area (Å²) < 4.78 is 0. The first kappa shape index (κ1) is 27.4. The van der Waals surface area contributed by atoms with Crippen molar-refractivity contribution in [1.29, 1.82) is 0 Å². The Labute approximate surface area is 233 Å². The largest absolute Gasteiger partial charge is 0.396 e. The first-order valence-corrected chi connectivity index (χ1v) is 15.2. The van der Waals surface area contributed by atoms with Crippen LogP contribution < -0.4 is 5.32 Å². The van der Waals surface area contributed by atoms with Gasteiger partial charge in [0.15, 0.2) is 0 Å². The molecule has 214 valence electrons. The maximum atomic E-state index is 14.5. The van der Waals surface area contributed by atoms with Crippen molar-refractivity contribution in [2.45, 2.75) is 90.8 Å². The lowest BCUT2D eigenvalue weighted by atomic mass is 9.41. The minimum Gasteiger partial charge on any atom is -0.396 e. The third-order valence-corrected chi connectivity index (χ3v) is 13.7. The summed E-state index contributed by atoms with van der Waals surface area (Å²) in [5.74, 6) is 0.848. The van der Waals surface area contributed by atoms with Gasteiger partial charge in [-0.3, -0.25) is 9.59 Å². The van der Waals surface area contributed by atoms with Crippen molar-refractivity contribution in [2.75, 3.05) is 20.7 Å². The van der Waals surface area contributed by atoms with Crippen LogP contribution in [0.4, 0.5) is 0 Å². The zero-order valence-electron chi connectivity index (χ0n) is 24.7. The van der Waals surface area contributed by atoms with Crippen molar-refractivity contribution in [3.05, 3.63) is 35.9 Å². The number of ketones is 1. The molecule has 5 saturated carbocycles. The molecule has 2 spiro atoms. The van der Waals surface area contributed by atoms with Gasteiger partial charge in [0.05, 0.1) is 12.7 Å². The number of rotatable bonds is 5. The molecule has 5 fully saturated rings. The molecule has 6 nitrogen and oxygen atoms in total. The van der Waals surface area contributed by atoms with E-state index in [1.54, 1.807) is 0 Å². The molecular weight excluding hydrogens is 488 g/mol. The smallest absolute Gasteiger partial charge is 0.251 e. The standard InChI is InChI=1S/C33H48N2O4/c1-20(35(5)6)27-22(37)16-30(3)24-13-12-23-29(2,19-36)25(34-28(39)21-10-8-7-9-11-21)14-15-32(23)18-33(24,32)26(38)17-31(27,30)4/h7-11,20,22-25,27,36-37H,12-19H2,1-6H3,(H,34,39)/t20-,22-,23+,24+,25+,27+,29-,30+,31-,32-,33+/m1/s1. The normalized spacial score (nSPS) is 48.9. The first-order chi connectivity index (χ1) is 18.3. The number of carbonyl (C=O) groups is 2. The van der Waals surface area contributed by atoms with Crippen LogP contribution in [0.5, 0.6) is 0 Å². The highest BCUT2D eigenvalue weighted by molar-refractivity contribution is 5.94.